The van der Waals surface area contributed by atoms with Crippen LogP contribution in [-0.2, 0) is 18.5 Å². The zero-order valence-corrected chi connectivity index (χ0v) is 16.8. The largest absolute Gasteiger partial charge is 0.481 e. The van der Waals surface area contributed by atoms with Crippen LogP contribution in [0.25, 0.3) is 0 Å². The molecule has 1 saturated heterocycles. The van der Waals surface area contributed by atoms with Gasteiger partial charge in [0.15, 0.2) is 0 Å². The molecule has 1 aliphatic rings. The number of nitrogens with two attached hydrogens (primary N) is 1. The van der Waals surface area contributed by atoms with E-state index in [2.05, 4.69) is 22.0 Å². The molecule has 1 aliphatic heterocycles. The topological polar surface area (TPSA) is 91.8 Å². The molecule has 1 fully saturated rings. The van der Waals surface area contributed by atoms with Gasteiger partial charge in [-0.1, -0.05) is 30.3 Å². The van der Waals surface area contributed by atoms with Crippen molar-refractivity contribution in [1.29, 1.82) is 0 Å². The van der Waals surface area contributed by atoms with Gasteiger partial charge in [0.1, 0.15) is 0 Å². The first kappa shape index (κ1) is 20.7. The lowest BCUT2D eigenvalue weighted by Gasteiger charge is -2.40. The summed E-state index contributed by atoms with van der Waals surface area (Å²) < 4.78 is 5.11. The van der Waals surface area contributed by atoms with Crippen molar-refractivity contribution in [3.8, 4) is 5.88 Å². The van der Waals surface area contributed by atoms with Gasteiger partial charge in [0, 0.05) is 43.9 Å². The number of methoxy groups -OCH3 is 1. The molecular formula is C22H31N3O3. The minimum atomic E-state index is -1.11. The fraction of sp³-hybridized carbons (Fsp3) is 0.500. The van der Waals surface area contributed by atoms with E-state index >= 15 is 0 Å². The van der Waals surface area contributed by atoms with Crippen LogP contribution in [-0.4, -0.2) is 52.5 Å². The smallest absolute Gasteiger partial charge is 0.212 e. The average molecular weight is 386 g/mol. The standard InChI is InChI=1S/C22H31N3O3/c1-21(27,16-26)13-17-4-3-5-19(12-17)22(23)8-10-25(11-9-22)15-18-6-7-20(28-2)24-14-18/h3-7,12,14,26-27H,8-11,13,15-16,23H2,1-2H3. The summed E-state index contributed by atoms with van der Waals surface area (Å²) in [5, 5.41) is 19.5. The first-order valence-electron chi connectivity index (χ1n) is 9.76. The van der Waals surface area contributed by atoms with Gasteiger partial charge in [-0.3, -0.25) is 4.90 Å². The Labute approximate surface area is 167 Å². The molecule has 0 saturated carbocycles. The highest BCUT2D eigenvalue weighted by molar-refractivity contribution is 5.31. The first-order valence-corrected chi connectivity index (χ1v) is 9.76. The van der Waals surface area contributed by atoms with Gasteiger partial charge in [0.05, 0.1) is 19.3 Å². The van der Waals surface area contributed by atoms with E-state index in [1.165, 1.54) is 5.56 Å². The normalized spacial score (nSPS) is 19.2. The van der Waals surface area contributed by atoms with Crippen molar-refractivity contribution in [2.75, 3.05) is 26.8 Å². The number of likely N-dealkylation sites (tertiary alicyclic amines) is 1. The summed E-state index contributed by atoms with van der Waals surface area (Å²) >= 11 is 0. The van der Waals surface area contributed by atoms with Crippen LogP contribution < -0.4 is 10.5 Å². The second kappa shape index (κ2) is 8.57. The predicted octanol–water partition coefficient (Wildman–Crippen LogP) is 1.83. The molecule has 2 heterocycles. The molecule has 0 spiro atoms. The number of pyridine rings is 1. The molecule has 1 aromatic carbocycles. The van der Waals surface area contributed by atoms with Gasteiger partial charge in [-0.25, -0.2) is 4.98 Å². The summed E-state index contributed by atoms with van der Waals surface area (Å²) in [4.78, 5) is 6.67. The van der Waals surface area contributed by atoms with Gasteiger partial charge in [0.2, 0.25) is 5.88 Å². The molecule has 0 radical (unpaired) electrons. The molecule has 4 N–H and O–H groups in total. The van der Waals surface area contributed by atoms with E-state index < -0.39 is 5.60 Å². The van der Waals surface area contributed by atoms with Crippen molar-refractivity contribution in [2.45, 2.75) is 43.9 Å². The molecule has 0 amide bonds. The molecule has 6 heteroatoms. The molecule has 6 nitrogen and oxygen atoms in total. The van der Waals surface area contributed by atoms with E-state index in [-0.39, 0.29) is 12.1 Å². The Morgan fingerprint density at radius 3 is 2.57 bits per heavy atom. The molecule has 1 aromatic heterocycles. The second-order valence-corrected chi connectivity index (χ2v) is 8.17. The van der Waals surface area contributed by atoms with Gasteiger partial charge < -0.3 is 20.7 Å². The van der Waals surface area contributed by atoms with Crippen molar-refractivity contribution in [2.24, 2.45) is 5.73 Å². The van der Waals surface area contributed by atoms with E-state index in [0.29, 0.717) is 12.3 Å². The first-order chi connectivity index (χ1) is 13.3. The number of aliphatic hydroxyl groups excluding tert-OH is 1. The minimum Gasteiger partial charge on any atom is -0.481 e. The fourth-order valence-corrected chi connectivity index (χ4v) is 3.77. The summed E-state index contributed by atoms with van der Waals surface area (Å²) in [6.45, 7) is 4.07. The van der Waals surface area contributed by atoms with Crippen LogP contribution in [0.15, 0.2) is 42.6 Å². The van der Waals surface area contributed by atoms with Crippen LogP contribution in [0, 0.1) is 0 Å². The maximum atomic E-state index is 10.1. The van der Waals surface area contributed by atoms with Crippen molar-refractivity contribution in [3.05, 3.63) is 59.3 Å². The number of piperidine rings is 1. The Kier molecular flexibility index (Phi) is 6.35. The molecule has 28 heavy (non-hydrogen) atoms. The van der Waals surface area contributed by atoms with Crippen LogP contribution in [0.3, 0.4) is 0 Å². The Bertz CT molecular complexity index is 769. The third kappa shape index (κ3) is 5.08. The zero-order valence-electron chi connectivity index (χ0n) is 16.8. The monoisotopic (exact) mass is 385 g/mol. The Morgan fingerprint density at radius 2 is 1.96 bits per heavy atom. The summed E-state index contributed by atoms with van der Waals surface area (Å²) in [6.07, 6.45) is 4.01. The number of hydrogen-bond acceptors (Lipinski definition) is 6. The number of nitrogens with zero attached hydrogens (tertiary/aromatic N) is 2. The number of hydrogen-bond donors (Lipinski definition) is 3. The average Bonchev–Trinajstić information content (AvgIpc) is 2.70. The van der Waals surface area contributed by atoms with Crippen LogP contribution >= 0.6 is 0 Å². The third-order valence-electron chi connectivity index (χ3n) is 5.59. The van der Waals surface area contributed by atoms with Gasteiger partial charge in [-0.05, 0) is 36.5 Å². The summed E-state index contributed by atoms with van der Waals surface area (Å²) in [5.41, 5.74) is 8.55. The Balaban J connectivity index is 1.62. The quantitative estimate of drug-likeness (QED) is 0.673. The highest BCUT2D eigenvalue weighted by atomic mass is 16.5. The molecule has 0 aliphatic carbocycles. The molecule has 3 rings (SSSR count). The molecule has 1 atom stereocenters. The highest BCUT2D eigenvalue weighted by Gasteiger charge is 2.32. The van der Waals surface area contributed by atoms with Crippen LogP contribution in [0.2, 0.25) is 0 Å². The molecule has 152 valence electrons. The number of aliphatic hydroxyl groups is 2. The van der Waals surface area contributed by atoms with Crippen molar-refractivity contribution >= 4 is 0 Å². The second-order valence-electron chi connectivity index (χ2n) is 8.17. The SMILES string of the molecule is COc1ccc(CN2CCC(N)(c3cccc(CC(C)(O)CO)c3)CC2)cn1. The summed E-state index contributed by atoms with van der Waals surface area (Å²) in [5.74, 6) is 0.628. The maximum absolute atomic E-state index is 10.1. The lowest BCUT2D eigenvalue weighted by atomic mass is 9.80. The van der Waals surface area contributed by atoms with Gasteiger partial charge in [-0.2, -0.15) is 0 Å². The van der Waals surface area contributed by atoms with E-state index in [9.17, 15) is 10.2 Å². The predicted molar refractivity (Wildman–Crippen MR) is 109 cm³/mol. The lowest BCUT2D eigenvalue weighted by molar-refractivity contribution is 0.00228. The number of benzene rings is 1. The van der Waals surface area contributed by atoms with Gasteiger partial charge in [0.25, 0.3) is 0 Å². The number of aromatic nitrogens is 1. The molecular weight excluding hydrogens is 354 g/mol. The highest BCUT2D eigenvalue weighted by Crippen LogP contribution is 2.32. The van der Waals surface area contributed by atoms with Crippen LogP contribution in [0.4, 0.5) is 0 Å². The molecule has 2 aromatic rings. The molecule has 0 bridgehead atoms. The maximum Gasteiger partial charge on any atom is 0.212 e. The number of ether oxygens (including phenoxy) is 1. The van der Waals surface area contributed by atoms with Crippen molar-refractivity contribution in [3.63, 3.8) is 0 Å². The summed E-state index contributed by atoms with van der Waals surface area (Å²) in [6, 6.07) is 12.0. The van der Waals surface area contributed by atoms with E-state index in [4.69, 9.17) is 10.5 Å². The Morgan fingerprint density at radius 1 is 1.21 bits per heavy atom. The Hall–Kier alpha value is -1.99. The van der Waals surface area contributed by atoms with Crippen LogP contribution in [0.5, 0.6) is 5.88 Å². The van der Waals surface area contributed by atoms with Gasteiger partial charge >= 0.3 is 0 Å². The number of rotatable bonds is 7. The lowest BCUT2D eigenvalue weighted by Crippen LogP contribution is -2.47. The zero-order chi connectivity index (χ0) is 20.2. The van der Waals surface area contributed by atoms with E-state index in [1.807, 2.05) is 30.5 Å². The fourth-order valence-electron chi connectivity index (χ4n) is 3.77. The van der Waals surface area contributed by atoms with Crippen molar-refractivity contribution < 1.29 is 14.9 Å². The van der Waals surface area contributed by atoms with E-state index in [1.54, 1.807) is 14.0 Å². The van der Waals surface area contributed by atoms with E-state index in [0.717, 1.165) is 43.6 Å². The summed E-state index contributed by atoms with van der Waals surface area (Å²) in [7, 11) is 1.62. The van der Waals surface area contributed by atoms with Crippen LogP contribution in [0.1, 0.15) is 36.5 Å². The third-order valence-corrected chi connectivity index (χ3v) is 5.59. The minimum absolute atomic E-state index is 0.264. The van der Waals surface area contributed by atoms with Gasteiger partial charge in [-0.15, -0.1) is 0 Å². The van der Waals surface area contributed by atoms with Crippen molar-refractivity contribution in [1.82, 2.24) is 9.88 Å². The molecule has 1 unspecified atom stereocenters.